The molecule has 0 saturated carbocycles. The maximum Gasteiger partial charge on any atom is 0.227 e. The van der Waals surface area contributed by atoms with Gasteiger partial charge in [-0.15, -0.1) is 0 Å². The van der Waals surface area contributed by atoms with E-state index in [0.29, 0.717) is 35.1 Å². The van der Waals surface area contributed by atoms with Crippen LogP contribution in [0.3, 0.4) is 0 Å². The maximum absolute atomic E-state index is 6.30. The van der Waals surface area contributed by atoms with Crippen LogP contribution in [0.5, 0.6) is 0 Å². The highest BCUT2D eigenvalue weighted by molar-refractivity contribution is 5.98. The van der Waals surface area contributed by atoms with Crippen LogP contribution in [-0.2, 0) is 0 Å². The summed E-state index contributed by atoms with van der Waals surface area (Å²) in [6, 6.07) is 140. The molecular formula is C105H69N9O3. The second kappa shape index (κ2) is 32.7. The SMILES string of the molecule is c1ccc(-c2cc(-c3ccccc3)nc(-c3ccc(-c4cccc5nc(-c6ccccc6)oc45)cc3)n2)cc1.c1ccc(-c2cc(-c3ccccc3)nc(-c3cccc(-c4cccc5nc(-c6ccccc6)oc45)c3)n2)cc1.c1ccc(-c2cc(-c3ccccc3)nc(-c3ccccc3-c3cccc4oc(-c5ccccc5)nc34)n2)cc1. The topological polar surface area (TPSA) is 155 Å². The lowest BCUT2D eigenvalue weighted by molar-refractivity contribution is 0.619. The van der Waals surface area contributed by atoms with Crippen LogP contribution in [0.25, 0.3) is 203 Å². The van der Waals surface area contributed by atoms with Crippen LogP contribution in [0.1, 0.15) is 0 Å². The molecule has 0 bridgehead atoms. The minimum absolute atomic E-state index is 0.601. The summed E-state index contributed by atoms with van der Waals surface area (Å²) >= 11 is 0. The van der Waals surface area contributed by atoms with Crippen molar-refractivity contribution in [2.45, 2.75) is 0 Å². The van der Waals surface area contributed by atoms with Gasteiger partial charge in [-0.2, -0.15) is 0 Å². The van der Waals surface area contributed by atoms with Crippen molar-refractivity contribution < 1.29 is 13.3 Å². The normalized spacial score (nSPS) is 11.1. The van der Waals surface area contributed by atoms with Crippen molar-refractivity contribution in [3.05, 3.63) is 419 Å². The summed E-state index contributed by atoms with van der Waals surface area (Å²) in [5.74, 6) is 3.85. The lowest BCUT2D eigenvalue weighted by atomic mass is 9.97. The molecule has 0 N–H and O–H groups in total. The summed E-state index contributed by atoms with van der Waals surface area (Å²) < 4.78 is 18.7. The summed E-state index contributed by atoms with van der Waals surface area (Å²) in [6.07, 6.45) is 0. The zero-order chi connectivity index (χ0) is 78.1. The Hall–Kier alpha value is -16.1. The molecule has 0 radical (unpaired) electrons. The van der Waals surface area contributed by atoms with E-state index < -0.39 is 0 Å². The summed E-state index contributed by atoms with van der Waals surface area (Å²) in [6.45, 7) is 0. The van der Waals surface area contributed by atoms with Crippen LogP contribution in [0.4, 0.5) is 0 Å². The average Bonchev–Trinajstić information content (AvgIpc) is 1.79. The van der Waals surface area contributed by atoms with Crippen molar-refractivity contribution in [3.8, 4) is 169 Å². The van der Waals surface area contributed by atoms with Gasteiger partial charge in [-0.05, 0) is 95.6 Å². The number of hydrogen-bond acceptors (Lipinski definition) is 12. The van der Waals surface area contributed by atoms with Crippen LogP contribution in [0, 0.1) is 0 Å². The van der Waals surface area contributed by atoms with Crippen LogP contribution < -0.4 is 0 Å². The number of aromatic nitrogens is 9. The Morgan fingerprint density at radius 1 is 0.154 bits per heavy atom. The van der Waals surface area contributed by atoms with Gasteiger partial charge in [-0.1, -0.05) is 340 Å². The van der Waals surface area contributed by atoms with Crippen molar-refractivity contribution in [1.29, 1.82) is 0 Å². The summed E-state index contributed by atoms with van der Waals surface area (Å²) in [5, 5.41) is 0. The molecule has 12 heteroatoms. The zero-order valence-electron chi connectivity index (χ0n) is 63.1. The Morgan fingerprint density at radius 2 is 0.436 bits per heavy atom. The predicted octanol–water partition coefficient (Wildman–Crippen LogP) is 26.9. The molecule has 0 amide bonds. The van der Waals surface area contributed by atoms with Gasteiger partial charge in [0.2, 0.25) is 17.7 Å². The fourth-order valence-corrected chi connectivity index (χ4v) is 14.4. The third kappa shape index (κ3) is 15.5. The first-order valence-corrected chi connectivity index (χ1v) is 38.6. The van der Waals surface area contributed by atoms with Gasteiger partial charge in [0.1, 0.15) is 16.6 Å². The number of benzene rings is 15. The third-order valence-corrected chi connectivity index (χ3v) is 20.3. The molecule has 0 aliphatic carbocycles. The molecule has 21 aromatic rings. The number of nitrogens with zero attached hydrogens (tertiary/aromatic N) is 9. The van der Waals surface area contributed by atoms with Crippen LogP contribution in [0.15, 0.2) is 432 Å². The van der Waals surface area contributed by atoms with Crippen molar-refractivity contribution in [1.82, 2.24) is 44.9 Å². The molecule has 0 saturated heterocycles. The standard InChI is InChI=1S/3C35H23N3O/c1-4-12-24(13-5-1)31-23-32(25-14-6-2-7-15-25)37-34(36-31)28-19-10-18-27(22-28)29-20-11-21-30-33(29)39-35(38-30)26-16-8-3-9-17-26;1-4-13-24(14-5-1)30-23-31(25-15-6-2-7-16-25)37-34(36-30)29-20-11-10-19-27(29)28-21-12-22-32-33(28)38-35(39-32)26-17-8-3-9-18-26;1-4-11-25(12-5-1)31-23-32(26-13-6-2-7-14-26)37-34(36-31)27-21-19-24(20-22-27)29-17-10-18-30-33(29)39-35(38-30)28-15-8-3-9-16-28/h3*1-23H. The maximum atomic E-state index is 6.30. The van der Waals surface area contributed by atoms with E-state index in [4.69, 9.17) is 58.1 Å². The summed E-state index contributed by atoms with van der Waals surface area (Å²) in [7, 11) is 0. The Bertz CT molecular complexity index is 6840. The van der Waals surface area contributed by atoms with Crippen molar-refractivity contribution in [2.75, 3.05) is 0 Å². The molecule has 6 aromatic heterocycles. The Labute approximate surface area is 675 Å². The summed E-state index contributed by atoms with van der Waals surface area (Å²) in [5.41, 5.74) is 28.0. The Morgan fingerprint density at radius 3 is 0.838 bits per heavy atom. The number of hydrogen-bond donors (Lipinski definition) is 0. The van der Waals surface area contributed by atoms with E-state index in [1.54, 1.807) is 0 Å². The van der Waals surface area contributed by atoms with Gasteiger partial charge >= 0.3 is 0 Å². The molecule has 117 heavy (non-hydrogen) atoms. The quantitative estimate of drug-likeness (QED) is 0.0959. The van der Waals surface area contributed by atoms with Gasteiger partial charge in [0.25, 0.3) is 0 Å². The number of para-hydroxylation sites is 3. The fraction of sp³-hybridized carbons (Fsp3) is 0. The minimum atomic E-state index is 0.601. The van der Waals surface area contributed by atoms with Gasteiger partial charge in [0, 0.05) is 83.5 Å². The second-order valence-corrected chi connectivity index (χ2v) is 27.9. The van der Waals surface area contributed by atoms with Gasteiger partial charge in [-0.3, -0.25) is 0 Å². The molecule has 21 rings (SSSR count). The highest BCUT2D eigenvalue weighted by atomic mass is 16.4. The van der Waals surface area contributed by atoms with E-state index >= 15 is 0 Å². The van der Waals surface area contributed by atoms with Crippen molar-refractivity contribution in [3.63, 3.8) is 0 Å². The smallest absolute Gasteiger partial charge is 0.227 e. The molecule has 0 fully saturated rings. The largest absolute Gasteiger partial charge is 0.436 e. The second-order valence-electron chi connectivity index (χ2n) is 27.9. The van der Waals surface area contributed by atoms with E-state index in [1.165, 1.54) is 0 Å². The molecule has 12 nitrogen and oxygen atoms in total. The third-order valence-electron chi connectivity index (χ3n) is 20.3. The molecule has 0 atom stereocenters. The molecule has 0 unspecified atom stereocenters. The molecule has 552 valence electrons. The van der Waals surface area contributed by atoms with Gasteiger partial charge in [0.15, 0.2) is 34.2 Å². The number of rotatable bonds is 15. The van der Waals surface area contributed by atoms with Gasteiger partial charge in [0.05, 0.1) is 34.2 Å². The first-order valence-electron chi connectivity index (χ1n) is 38.6. The molecule has 6 heterocycles. The number of fused-ring (bicyclic) bond motifs is 3. The lowest BCUT2D eigenvalue weighted by Crippen LogP contribution is -1.97. The van der Waals surface area contributed by atoms with Gasteiger partial charge < -0.3 is 13.3 Å². The first-order chi connectivity index (χ1) is 58.0. The van der Waals surface area contributed by atoms with Crippen LogP contribution >= 0.6 is 0 Å². The molecule has 0 aliphatic heterocycles. The van der Waals surface area contributed by atoms with E-state index in [1.807, 2.05) is 255 Å². The van der Waals surface area contributed by atoms with E-state index in [2.05, 4.69) is 164 Å². The van der Waals surface area contributed by atoms with Crippen LogP contribution in [-0.4, -0.2) is 44.9 Å². The highest BCUT2D eigenvalue weighted by Crippen LogP contribution is 2.41. The zero-order valence-corrected chi connectivity index (χ0v) is 63.1. The Kier molecular flexibility index (Phi) is 19.9. The minimum Gasteiger partial charge on any atom is -0.436 e. The van der Waals surface area contributed by atoms with Crippen molar-refractivity contribution >= 4 is 33.3 Å². The average molecular weight is 1500 g/mol. The van der Waals surface area contributed by atoms with E-state index in [-0.39, 0.29) is 0 Å². The monoisotopic (exact) mass is 1500 g/mol. The molecular weight excluding hydrogens is 1440 g/mol. The van der Waals surface area contributed by atoms with Gasteiger partial charge in [-0.25, -0.2) is 44.9 Å². The molecule has 0 spiro atoms. The highest BCUT2D eigenvalue weighted by Gasteiger charge is 2.22. The van der Waals surface area contributed by atoms with E-state index in [0.717, 1.165) is 168 Å². The van der Waals surface area contributed by atoms with E-state index in [9.17, 15) is 0 Å². The Balaban J connectivity index is 0.000000117. The molecule has 15 aromatic carbocycles. The predicted molar refractivity (Wildman–Crippen MR) is 470 cm³/mol. The lowest BCUT2D eigenvalue weighted by Gasteiger charge is -2.13. The van der Waals surface area contributed by atoms with Crippen LogP contribution in [0.2, 0.25) is 0 Å². The fourth-order valence-electron chi connectivity index (χ4n) is 14.4. The number of oxazole rings is 3. The van der Waals surface area contributed by atoms with Crippen molar-refractivity contribution in [2.24, 2.45) is 0 Å². The first kappa shape index (κ1) is 71.3. The summed E-state index contributed by atoms with van der Waals surface area (Å²) in [4.78, 5) is 44.4. The molecule has 0 aliphatic rings.